The second-order valence-electron chi connectivity index (χ2n) is 4.73. The van der Waals surface area contributed by atoms with E-state index in [0.717, 1.165) is 11.1 Å². The van der Waals surface area contributed by atoms with Crippen molar-refractivity contribution < 1.29 is 9.47 Å². The molecule has 0 spiro atoms. The smallest absolute Gasteiger partial charge is 0.216 e. The Morgan fingerprint density at radius 2 is 2.08 bits per heavy atom. The lowest BCUT2D eigenvalue weighted by molar-refractivity contribution is 0.354. The van der Waals surface area contributed by atoms with Crippen molar-refractivity contribution in [2.75, 3.05) is 14.2 Å². The first-order valence-electron chi connectivity index (χ1n) is 7.07. The molecule has 0 aliphatic heterocycles. The molecule has 0 aliphatic carbocycles. The van der Waals surface area contributed by atoms with Crippen molar-refractivity contribution in [2.45, 2.75) is 0 Å². The number of aromatic amines is 1. The zero-order valence-corrected chi connectivity index (χ0v) is 13.9. The Bertz CT molecular complexity index is 918. The van der Waals surface area contributed by atoms with Gasteiger partial charge in [-0.2, -0.15) is 14.9 Å². The molecule has 1 aromatic carbocycles. The molecule has 122 valence electrons. The van der Waals surface area contributed by atoms with Crippen molar-refractivity contribution >= 4 is 18.4 Å². The van der Waals surface area contributed by atoms with Gasteiger partial charge in [-0.3, -0.25) is 4.98 Å². The molecule has 2 aromatic heterocycles. The van der Waals surface area contributed by atoms with Crippen LogP contribution < -0.4 is 9.47 Å². The van der Waals surface area contributed by atoms with Gasteiger partial charge in [-0.1, -0.05) is 6.07 Å². The molecule has 0 bridgehead atoms. The van der Waals surface area contributed by atoms with E-state index in [-0.39, 0.29) is 0 Å². The molecule has 0 saturated heterocycles. The highest BCUT2D eigenvalue weighted by Crippen LogP contribution is 2.29. The number of nitrogens with one attached hydrogen (secondary N) is 1. The van der Waals surface area contributed by atoms with Crippen LogP contribution in [0.15, 0.2) is 47.8 Å². The summed E-state index contributed by atoms with van der Waals surface area (Å²) in [6.07, 6.45) is 5.04. The number of ether oxygens (including phenoxy) is 2. The number of nitrogens with zero attached hydrogens (tertiary/aromatic N) is 4. The quantitative estimate of drug-likeness (QED) is 0.570. The molecule has 24 heavy (non-hydrogen) atoms. The van der Waals surface area contributed by atoms with Crippen LogP contribution in [0.4, 0.5) is 0 Å². The number of methoxy groups -OCH3 is 2. The summed E-state index contributed by atoms with van der Waals surface area (Å²) in [6, 6.07) is 9.26. The highest BCUT2D eigenvalue weighted by molar-refractivity contribution is 7.71. The van der Waals surface area contributed by atoms with Gasteiger partial charge in [0, 0.05) is 23.5 Å². The van der Waals surface area contributed by atoms with Crippen molar-refractivity contribution in [1.29, 1.82) is 0 Å². The van der Waals surface area contributed by atoms with Crippen molar-refractivity contribution in [3.63, 3.8) is 0 Å². The topological polar surface area (TPSA) is 77.3 Å². The van der Waals surface area contributed by atoms with Crippen LogP contribution in [0.2, 0.25) is 0 Å². The molecule has 3 rings (SSSR count). The monoisotopic (exact) mass is 341 g/mol. The minimum Gasteiger partial charge on any atom is -0.493 e. The van der Waals surface area contributed by atoms with Crippen LogP contribution in [0.25, 0.3) is 11.4 Å². The number of hydrogen-bond acceptors (Lipinski definition) is 6. The van der Waals surface area contributed by atoms with Gasteiger partial charge >= 0.3 is 0 Å². The number of pyridine rings is 1. The van der Waals surface area contributed by atoms with Crippen LogP contribution in [-0.2, 0) is 0 Å². The molecule has 0 atom stereocenters. The van der Waals surface area contributed by atoms with E-state index in [0.29, 0.717) is 22.1 Å². The largest absolute Gasteiger partial charge is 0.493 e. The highest BCUT2D eigenvalue weighted by atomic mass is 32.1. The second-order valence-corrected chi connectivity index (χ2v) is 5.12. The normalized spacial score (nSPS) is 10.9. The summed E-state index contributed by atoms with van der Waals surface area (Å²) in [5, 5.41) is 11.4. The molecule has 8 heteroatoms. The molecule has 0 fully saturated rings. The van der Waals surface area contributed by atoms with Gasteiger partial charge < -0.3 is 9.47 Å². The van der Waals surface area contributed by atoms with Crippen LogP contribution in [0.5, 0.6) is 11.5 Å². The van der Waals surface area contributed by atoms with Gasteiger partial charge in [-0.05, 0) is 36.5 Å². The minimum atomic E-state index is 0.381. The average Bonchev–Trinajstić information content (AvgIpc) is 3.00. The number of rotatable bonds is 5. The Labute approximate surface area is 143 Å². The number of H-pyrrole nitrogens is 1. The fourth-order valence-electron chi connectivity index (χ4n) is 2.21. The maximum atomic E-state index is 5.40. The summed E-state index contributed by atoms with van der Waals surface area (Å²) in [4.78, 5) is 4.09. The predicted molar refractivity (Wildman–Crippen MR) is 93.2 cm³/mol. The van der Waals surface area contributed by atoms with Crippen LogP contribution in [0, 0.1) is 4.77 Å². The SMILES string of the molecule is COc1cccc(/C=N/n2c(-c3cccnc3)n[nH]c2=S)c1OC. The molecule has 0 amide bonds. The molecule has 7 nitrogen and oxygen atoms in total. The van der Waals surface area contributed by atoms with Crippen LogP contribution in [-0.4, -0.2) is 40.3 Å². The molecular weight excluding hydrogens is 326 g/mol. The Morgan fingerprint density at radius 1 is 1.21 bits per heavy atom. The summed E-state index contributed by atoms with van der Waals surface area (Å²) in [5.41, 5.74) is 1.57. The summed E-state index contributed by atoms with van der Waals surface area (Å²) in [7, 11) is 3.17. The molecule has 0 saturated carbocycles. The number of para-hydroxylation sites is 1. The summed E-state index contributed by atoms with van der Waals surface area (Å²) < 4.78 is 12.6. The van der Waals surface area contributed by atoms with Crippen molar-refractivity contribution in [2.24, 2.45) is 5.10 Å². The second kappa shape index (κ2) is 7.05. The van der Waals surface area contributed by atoms with E-state index in [9.17, 15) is 0 Å². The maximum absolute atomic E-state index is 5.40. The summed E-state index contributed by atoms with van der Waals surface area (Å²) in [5.74, 6) is 1.80. The van der Waals surface area contributed by atoms with E-state index in [1.54, 1.807) is 32.8 Å². The van der Waals surface area contributed by atoms with Crippen molar-refractivity contribution in [3.05, 3.63) is 53.1 Å². The highest BCUT2D eigenvalue weighted by Gasteiger charge is 2.10. The maximum Gasteiger partial charge on any atom is 0.216 e. The molecule has 0 aliphatic rings. The molecule has 0 unspecified atom stereocenters. The van der Waals surface area contributed by atoms with Gasteiger partial charge in [0.05, 0.1) is 20.4 Å². The first kappa shape index (κ1) is 15.9. The van der Waals surface area contributed by atoms with Gasteiger partial charge in [0.2, 0.25) is 4.77 Å². The third-order valence-corrected chi connectivity index (χ3v) is 3.58. The molecule has 1 N–H and O–H groups in total. The molecule has 2 heterocycles. The van der Waals surface area contributed by atoms with Crippen LogP contribution >= 0.6 is 12.2 Å². The molecule has 3 aromatic rings. The lowest BCUT2D eigenvalue weighted by atomic mass is 10.2. The van der Waals surface area contributed by atoms with E-state index < -0.39 is 0 Å². The Balaban J connectivity index is 2.03. The minimum absolute atomic E-state index is 0.381. The fraction of sp³-hybridized carbons (Fsp3) is 0.125. The number of aromatic nitrogens is 4. The first-order chi connectivity index (χ1) is 11.7. The van der Waals surface area contributed by atoms with E-state index in [4.69, 9.17) is 21.7 Å². The Hall–Kier alpha value is -3.00. The summed E-state index contributed by atoms with van der Waals surface area (Å²) >= 11 is 5.25. The number of hydrogen-bond donors (Lipinski definition) is 1. The Kier molecular flexibility index (Phi) is 4.66. The van der Waals surface area contributed by atoms with Crippen molar-refractivity contribution in [3.8, 4) is 22.9 Å². The van der Waals surface area contributed by atoms with E-state index in [2.05, 4.69) is 20.3 Å². The van der Waals surface area contributed by atoms with Gasteiger partial charge in [0.25, 0.3) is 0 Å². The Morgan fingerprint density at radius 3 is 2.79 bits per heavy atom. The van der Waals surface area contributed by atoms with Gasteiger partial charge in [-0.25, -0.2) is 5.10 Å². The van der Waals surface area contributed by atoms with Gasteiger partial charge in [0.15, 0.2) is 17.3 Å². The zero-order valence-electron chi connectivity index (χ0n) is 13.1. The standard InChI is InChI=1S/C16H15N5O2S/c1-22-13-7-3-5-11(14(13)23-2)10-18-21-15(19-20-16(21)24)12-6-4-8-17-9-12/h3-10H,1-2H3,(H,20,24)/b18-10+. The zero-order chi connectivity index (χ0) is 16.9. The summed E-state index contributed by atoms with van der Waals surface area (Å²) in [6.45, 7) is 0. The number of benzene rings is 1. The van der Waals surface area contributed by atoms with Crippen molar-refractivity contribution in [1.82, 2.24) is 19.9 Å². The van der Waals surface area contributed by atoms with E-state index >= 15 is 0 Å². The van der Waals surface area contributed by atoms with Crippen LogP contribution in [0.3, 0.4) is 0 Å². The third-order valence-electron chi connectivity index (χ3n) is 3.32. The van der Waals surface area contributed by atoms with Crippen LogP contribution in [0.1, 0.15) is 5.56 Å². The van der Waals surface area contributed by atoms with E-state index in [1.165, 1.54) is 4.68 Å². The lowest BCUT2D eigenvalue weighted by Gasteiger charge is -2.09. The average molecular weight is 341 g/mol. The molecule has 0 radical (unpaired) electrons. The predicted octanol–water partition coefficient (Wildman–Crippen LogP) is 2.90. The fourth-order valence-corrected chi connectivity index (χ4v) is 2.39. The third kappa shape index (κ3) is 3.04. The lowest BCUT2D eigenvalue weighted by Crippen LogP contribution is -1.98. The van der Waals surface area contributed by atoms with Gasteiger partial charge in [0.1, 0.15) is 0 Å². The van der Waals surface area contributed by atoms with Gasteiger partial charge in [-0.15, -0.1) is 0 Å². The molecular formula is C16H15N5O2S. The first-order valence-corrected chi connectivity index (χ1v) is 7.48. The van der Waals surface area contributed by atoms with E-state index in [1.807, 2.05) is 30.3 Å².